The van der Waals surface area contributed by atoms with Crippen molar-refractivity contribution in [2.24, 2.45) is 5.73 Å². The van der Waals surface area contributed by atoms with Gasteiger partial charge in [0.15, 0.2) is 0 Å². The number of benzene rings is 1. The highest BCUT2D eigenvalue weighted by Gasteiger charge is 2.42. The molecule has 2 N–H and O–H groups in total. The topological polar surface area (TPSA) is 46.3 Å². The molecule has 2 aliphatic heterocycles. The molecule has 2 saturated heterocycles. The Balaban J connectivity index is 1.88. The van der Waals surface area contributed by atoms with Gasteiger partial charge in [-0.3, -0.25) is 4.79 Å². The van der Waals surface area contributed by atoms with Gasteiger partial charge < -0.3 is 10.6 Å². The maximum absolute atomic E-state index is 13.7. The third-order valence-electron chi connectivity index (χ3n) is 4.17. The van der Waals surface area contributed by atoms with Crippen LogP contribution >= 0.6 is 0 Å². The van der Waals surface area contributed by atoms with E-state index in [0.29, 0.717) is 0 Å². The first-order valence-corrected chi connectivity index (χ1v) is 6.59. The van der Waals surface area contributed by atoms with Gasteiger partial charge in [-0.25, -0.2) is 8.78 Å². The lowest BCUT2D eigenvalue weighted by Gasteiger charge is -2.37. The van der Waals surface area contributed by atoms with Crippen molar-refractivity contribution in [3.63, 3.8) is 0 Å². The molecule has 2 atom stereocenters. The molecule has 1 amide bonds. The van der Waals surface area contributed by atoms with Crippen LogP contribution in [0.5, 0.6) is 0 Å². The minimum atomic E-state index is -0.792. The summed E-state index contributed by atoms with van der Waals surface area (Å²) < 4.78 is 26.6. The van der Waals surface area contributed by atoms with Gasteiger partial charge in [0, 0.05) is 24.2 Å². The second-order valence-electron chi connectivity index (χ2n) is 5.45. The fourth-order valence-electron chi connectivity index (χ4n) is 3.35. The van der Waals surface area contributed by atoms with Crippen molar-refractivity contribution < 1.29 is 13.6 Å². The molecular formula is C14H16F2N2O. The predicted octanol–water partition coefficient (Wildman–Crippen LogP) is 2.06. The summed E-state index contributed by atoms with van der Waals surface area (Å²) in [5.74, 6) is -1.80. The fourth-order valence-corrected chi connectivity index (χ4v) is 3.35. The zero-order valence-corrected chi connectivity index (χ0v) is 10.5. The van der Waals surface area contributed by atoms with Gasteiger partial charge in [-0.2, -0.15) is 0 Å². The molecule has 19 heavy (non-hydrogen) atoms. The summed E-state index contributed by atoms with van der Waals surface area (Å²) in [6.07, 6.45) is 3.38. The van der Waals surface area contributed by atoms with Crippen molar-refractivity contribution >= 4 is 5.91 Å². The quantitative estimate of drug-likeness (QED) is 0.845. The number of fused-ring (bicyclic) bond motifs is 2. The van der Waals surface area contributed by atoms with Crippen LogP contribution in [-0.4, -0.2) is 28.9 Å². The van der Waals surface area contributed by atoms with E-state index in [4.69, 9.17) is 5.73 Å². The highest BCUT2D eigenvalue weighted by Crippen LogP contribution is 2.36. The van der Waals surface area contributed by atoms with Gasteiger partial charge in [0.05, 0.1) is 5.56 Å². The number of nitrogens with two attached hydrogens (primary N) is 1. The van der Waals surface area contributed by atoms with E-state index in [1.54, 1.807) is 4.90 Å². The normalized spacial score (nSPS) is 29.6. The van der Waals surface area contributed by atoms with E-state index in [0.717, 1.165) is 37.8 Å². The second-order valence-corrected chi connectivity index (χ2v) is 5.45. The molecule has 2 bridgehead atoms. The van der Waals surface area contributed by atoms with Crippen molar-refractivity contribution in [3.05, 3.63) is 35.4 Å². The Bertz CT molecular complexity index is 506. The molecular weight excluding hydrogens is 250 g/mol. The van der Waals surface area contributed by atoms with Gasteiger partial charge in [0.25, 0.3) is 5.91 Å². The van der Waals surface area contributed by atoms with Gasteiger partial charge in [-0.05, 0) is 37.8 Å². The van der Waals surface area contributed by atoms with Crippen molar-refractivity contribution in [3.8, 4) is 0 Å². The third kappa shape index (κ3) is 2.12. The molecule has 3 nitrogen and oxygen atoms in total. The van der Waals surface area contributed by atoms with Gasteiger partial charge in [0.1, 0.15) is 11.6 Å². The summed E-state index contributed by atoms with van der Waals surface area (Å²) in [4.78, 5) is 14.2. The average molecular weight is 266 g/mol. The number of rotatable bonds is 1. The lowest BCUT2D eigenvalue weighted by Crippen LogP contribution is -2.50. The summed E-state index contributed by atoms with van der Waals surface area (Å²) in [7, 11) is 0. The highest BCUT2D eigenvalue weighted by atomic mass is 19.1. The number of hydrogen-bond donors (Lipinski definition) is 1. The maximum atomic E-state index is 13.7. The van der Waals surface area contributed by atoms with Crippen LogP contribution in [0.2, 0.25) is 0 Å². The van der Waals surface area contributed by atoms with Crippen LogP contribution in [-0.2, 0) is 0 Å². The van der Waals surface area contributed by atoms with Crippen molar-refractivity contribution in [2.75, 3.05) is 0 Å². The maximum Gasteiger partial charge on any atom is 0.257 e. The lowest BCUT2D eigenvalue weighted by atomic mass is 9.97. The standard InChI is InChI=1S/C14H16F2N2O/c15-8-1-4-12(13(16)5-8)14(19)18-10-2-3-11(18)7-9(17)6-10/h1,4-5,9-11H,2-3,6-7,17H2. The summed E-state index contributed by atoms with van der Waals surface area (Å²) >= 11 is 0. The number of halogens is 2. The minimum absolute atomic E-state index is 0.0474. The molecule has 2 unspecified atom stereocenters. The van der Waals surface area contributed by atoms with Crippen LogP contribution in [0, 0.1) is 11.6 Å². The molecule has 2 aliphatic rings. The number of carbonyl (C=O) groups excluding carboxylic acids is 1. The van der Waals surface area contributed by atoms with Crippen molar-refractivity contribution in [2.45, 2.75) is 43.8 Å². The van der Waals surface area contributed by atoms with E-state index < -0.39 is 11.6 Å². The van der Waals surface area contributed by atoms with Crippen LogP contribution in [0.4, 0.5) is 8.78 Å². The molecule has 0 aromatic heterocycles. The SMILES string of the molecule is NC1CC2CCC(C1)N2C(=O)c1ccc(F)cc1F. The number of carbonyl (C=O) groups is 1. The first kappa shape index (κ1) is 12.5. The molecule has 2 fully saturated rings. The Morgan fingerprint density at radius 1 is 1.21 bits per heavy atom. The summed E-state index contributed by atoms with van der Waals surface area (Å²) in [5, 5.41) is 0. The number of nitrogens with zero attached hydrogens (tertiary/aromatic N) is 1. The molecule has 2 heterocycles. The van der Waals surface area contributed by atoms with Gasteiger partial charge in [-0.15, -0.1) is 0 Å². The summed E-state index contributed by atoms with van der Waals surface area (Å²) in [6, 6.07) is 3.43. The Hall–Kier alpha value is -1.49. The van der Waals surface area contributed by atoms with E-state index in [1.165, 1.54) is 6.07 Å². The van der Waals surface area contributed by atoms with E-state index in [-0.39, 0.29) is 29.6 Å². The molecule has 5 heteroatoms. The fraction of sp³-hybridized carbons (Fsp3) is 0.500. The molecule has 0 aliphatic carbocycles. The molecule has 3 rings (SSSR count). The molecule has 102 valence electrons. The van der Waals surface area contributed by atoms with Crippen LogP contribution in [0.15, 0.2) is 18.2 Å². The van der Waals surface area contributed by atoms with Gasteiger partial charge >= 0.3 is 0 Å². The monoisotopic (exact) mass is 266 g/mol. The van der Waals surface area contributed by atoms with Crippen LogP contribution in [0.3, 0.4) is 0 Å². The molecule has 0 radical (unpaired) electrons. The Kier molecular flexibility index (Phi) is 3.01. The zero-order valence-electron chi connectivity index (χ0n) is 10.5. The first-order chi connectivity index (χ1) is 9.06. The van der Waals surface area contributed by atoms with Crippen LogP contribution < -0.4 is 5.73 Å². The highest BCUT2D eigenvalue weighted by molar-refractivity contribution is 5.95. The molecule has 0 spiro atoms. The number of hydrogen-bond acceptors (Lipinski definition) is 2. The Morgan fingerprint density at radius 2 is 1.84 bits per heavy atom. The molecule has 1 aromatic carbocycles. The van der Waals surface area contributed by atoms with Gasteiger partial charge in [-0.1, -0.05) is 0 Å². The third-order valence-corrected chi connectivity index (χ3v) is 4.17. The van der Waals surface area contributed by atoms with E-state index in [2.05, 4.69) is 0 Å². The number of amides is 1. The Labute approximate surface area is 110 Å². The minimum Gasteiger partial charge on any atom is -0.332 e. The Morgan fingerprint density at radius 3 is 2.42 bits per heavy atom. The molecule has 1 aromatic rings. The van der Waals surface area contributed by atoms with Crippen molar-refractivity contribution in [1.82, 2.24) is 4.90 Å². The predicted molar refractivity (Wildman–Crippen MR) is 66.5 cm³/mol. The lowest BCUT2D eigenvalue weighted by molar-refractivity contribution is 0.0570. The van der Waals surface area contributed by atoms with E-state index in [1.807, 2.05) is 0 Å². The van der Waals surface area contributed by atoms with Crippen LogP contribution in [0.25, 0.3) is 0 Å². The summed E-state index contributed by atoms with van der Waals surface area (Å²) in [5.41, 5.74) is 5.90. The van der Waals surface area contributed by atoms with E-state index >= 15 is 0 Å². The van der Waals surface area contributed by atoms with Gasteiger partial charge in [0.2, 0.25) is 0 Å². The second kappa shape index (κ2) is 4.56. The van der Waals surface area contributed by atoms with Crippen molar-refractivity contribution in [1.29, 1.82) is 0 Å². The summed E-state index contributed by atoms with van der Waals surface area (Å²) in [6.45, 7) is 0. The first-order valence-electron chi connectivity index (χ1n) is 6.59. The average Bonchev–Trinajstić information content (AvgIpc) is 2.61. The van der Waals surface area contributed by atoms with E-state index in [9.17, 15) is 13.6 Å². The van der Waals surface area contributed by atoms with Crippen LogP contribution in [0.1, 0.15) is 36.0 Å². The largest absolute Gasteiger partial charge is 0.332 e. The number of piperidine rings is 1. The smallest absolute Gasteiger partial charge is 0.257 e. The zero-order chi connectivity index (χ0) is 13.6. The molecule has 0 saturated carbocycles.